The van der Waals surface area contributed by atoms with Gasteiger partial charge in [-0.05, 0) is 38.1 Å². The number of piperidine rings is 1. The topological polar surface area (TPSA) is 52.1 Å². The maximum atomic E-state index is 5.53. The van der Waals surface area contributed by atoms with E-state index in [4.69, 9.17) is 4.74 Å². The largest absolute Gasteiger partial charge is 0.379 e. The molecule has 0 saturated carbocycles. The van der Waals surface area contributed by atoms with Crippen molar-refractivity contribution in [2.75, 3.05) is 59.5 Å². The molecule has 1 atom stereocenters. The van der Waals surface area contributed by atoms with E-state index in [-0.39, 0.29) is 24.0 Å². The molecule has 2 aliphatic heterocycles. The molecule has 2 saturated heterocycles. The fourth-order valence-electron chi connectivity index (χ4n) is 4.07. The smallest absolute Gasteiger partial charge is 0.191 e. The van der Waals surface area contributed by atoms with E-state index in [1.165, 1.54) is 45.3 Å². The Bertz CT molecular complexity index is 407. The Hall–Kier alpha value is -0.120. The van der Waals surface area contributed by atoms with E-state index in [1.54, 1.807) is 0 Å². The Morgan fingerprint density at radius 1 is 1.15 bits per heavy atom. The van der Waals surface area contributed by atoms with Crippen LogP contribution in [0.3, 0.4) is 0 Å². The fourth-order valence-corrected chi connectivity index (χ4v) is 4.07. The summed E-state index contributed by atoms with van der Waals surface area (Å²) in [6.07, 6.45) is 4.87. The van der Waals surface area contributed by atoms with Crippen LogP contribution in [0.25, 0.3) is 0 Å². The van der Waals surface area contributed by atoms with Gasteiger partial charge in [-0.1, -0.05) is 20.8 Å². The van der Waals surface area contributed by atoms with Crippen LogP contribution in [0.15, 0.2) is 4.99 Å². The summed E-state index contributed by atoms with van der Waals surface area (Å²) >= 11 is 0. The number of rotatable bonds is 8. The van der Waals surface area contributed by atoms with Crippen LogP contribution in [0, 0.1) is 5.92 Å². The number of ether oxygens (including phenoxy) is 1. The minimum absolute atomic E-state index is 0. The molecule has 0 aromatic rings. The van der Waals surface area contributed by atoms with Crippen molar-refractivity contribution in [1.82, 2.24) is 20.4 Å². The predicted molar refractivity (Wildman–Crippen MR) is 125 cm³/mol. The van der Waals surface area contributed by atoms with E-state index in [0.717, 1.165) is 38.8 Å². The van der Waals surface area contributed by atoms with E-state index in [1.807, 2.05) is 7.05 Å². The molecule has 160 valence electrons. The van der Waals surface area contributed by atoms with Crippen LogP contribution in [0.2, 0.25) is 0 Å². The lowest BCUT2D eigenvalue weighted by Crippen LogP contribution is -2.53. The normalized spacial score (nSPS) is 21.7. The number of guanidine groups is 1. The number of hydrogen-bond donors (Lipinski definition) is 2. The summed E-state index contributed by atoms with van der Waals surface area (Å²) < 4.78 is 5.53. The summed E-state index contributed by atoms with van der Waals surface area (Å²) in [5.41, 5.74) is 0. The van der Waals surface area contributed by atoms with Crippen molar-refractivity contribution in [2.45, 2.75) is 58.5 Å². The van der Waals surface area contributed by atoms with Crippen LogP contribution < -0.4 is 10.6 Å². The van der Waals surface area contributed by atoms with E-state index >= 15 is 0 Å². The third kappa shape index (κ3) is 9.28. The Balaban J connectivity index is 0.00000364. The van der Waals surface area contributed by atoms with Gasteiger partial charge in [-0.2, -0.15) is 0 Å². The highest BCUT2D eigenvalue weighted by Crippen LogP contribution is 2.13. The van der Waals surface area contributed by atoms with Crippen molar-refractivity contribution in [3.63, 3.8) is 0 Å². The molecular weight excluding hydrogens is 453 g/mol. The van der Waals surface area contributed by atoms with E-state index in [9.17, 15) is 0 Å². The minimum atomic E-state index is 0. The van der Waals surface area contributed by atoms with E-state index in [0.29, 0.717) is 18.0 Å². The standard InChI is InChI=1S/C20H41N5O.HI/c1-5-8-24-9-6-18(7-10-24)23-20(21-4)22-16-19(15-17(2)3)25-11-13-26-14-12-25;/h17-19H,5-16H2,1-4H3,(H2,21,22,23);1H. The molecule has 0 aliphatic carbocycles. The molecule has 2 aliphatic rings. The molecule has 1 unspecified atom stereocenters. The monoisotopic (exact) mass is 495 g/mol. The van der Waals surface area contributed by atoms with Gasteiger partial charge >= 0.3 is 0 Å². The molecule has 0 spiro atoms. The average molecular weight is 495 g/mol. The van der Waals surface area contributed by atoms with Crippen LogP contribution in [-0.2, 0) is 4.74 Å². The van der Waals surface area contributed by atoms with Crippen molar-refractivity contribution in [3.05, 3.63) is 0 Å². The van der Waals surface area contributed by atoms with Gasteiger partial charge in [0.05, 0.1) is 13.2 Å². The van der Waals surface area contributed by atoms with Gasteiger partial charge in [-0.15, -0.1) is 24.0 Å². The molecule has 0 radical (unpaired) electrons. The number of aliphatic imine (C=N–C) groups is 1. The minimum Gasteiger partial charge on any atom is -0.379 e. The van der Waals surface area contributed by atoms with Gasteiger partial charge in [0, 0.05) is 51.9 Å². The first-order valence-electron chi connectivity index (χ1n) is 10.6. The Kier molecular flexibility index (Phi) is 12.9. The maximum Gasteiger partial charge on any atom is 0.191 e. The first-order chi connectivity index (χ1) is 12.6. The maximum absolute atomic E-state index is 5.53. The fraction of sp³-hybridized carbons (Fsp3) is 0.950. The molecule has 2 fully saturated rings. The molecule has 6 nitrogen and oxygen atoms in total. The van der Waals surface area contributed by atoms with Gasteiger partial charge in [-0.3, -0.25) is 9.89 Å². The van der Waals surface area contributed by atoms with Crippen molar-refractivity contribution in [3.8, 4) is 0 Å². The van der Waals surface area contributed by atoms with Crippen molar-refractivity contribution in [2.24, 2.45) is 10.9 Å². The van der Waals surface area contributed by atoms with Crippen molar-refractivity contribution < 1.29 is 4.74 Å². The molecule has 0 aromatic carbocycles. The first-order valence-corrected chi connectivity index (χ1v) is 10.6. The molecule has 0 amide bonds. The second-order valence-electron chi connectivity index (χ2n) is 8.15. The van der Waals surface area contributed by atoms with Crippen LogP contribution >= 0.6 is 24.0 Å². The SMILES string of the molecule is CCCN1CCC(NC(=NC)NCC(CC(C)C)N2CCOCC2)CC1.I. The van der Waals surface area contributed by atoms with Crippen LogP contribution in [0.1, 0.15) is 46.5 Å². The number of morpholine rings is 1. The highest BCUT2D eigenvalue weighted by Gasteiger charge is 2.23. The quantitative estimate of drug-likeness (QED) is 0.308. The molecule has 2 rings (SSSR count). The summed E-state index contributed by atoms with van der Waals surface area (Å²) in [7, 11) is 1.88. The predicted octanol–water partition coefficient (Wildman–Crippen LogP) is 2.39. The van der Waals surface area contributed by atoms with Crippen molar-refractivity contribution in [1.29, 1.82) is 0 Å². The molecule has 2 heterocycles. The van der Waals surface area contributed by atoms with Gasteiger partial charge < -0.3 is 20.3 Å². The number of nitrogens with one attached hydrogen (secondary N) is 2. The first kappa shape index (κ1) is 24.9. The molecule has 27 heavy (non-hydrogen) atoms. The number of halogens is 1. The summed E-state index contributed by atoms with van der Waals surface area (Å²) in [4.78, 5) is 9.62. The molecule has 2 N–H and O–H groups in total. The molecule has 0 bridgehead atoms. The Morgan fingerprint density at radius 2 is 1.81 bits per heavy atom. The van der Waals surface area contributed by atoms with Gasteiger partial charge in [0.15, 0.2) is 5.96 Å². The molecule has 7 heteroatoms. The highest BCUT2D eigenvalue weighted by atomic mass is 127. The van der Waals surface area contributed by atoms with E-state index in [2.05, 4.69) is 46.2 Å². The van der Waals surface area contributed by atoms with Gasteiger partial charge in [0.25, 0.3) is 0 Å². The lowest BCUT2D eigenvalue weighted by atomic mass is 10.0. The number of hydrogen-bond acceptors (Lipinski definition) is 4. The lowest BCUT2D eigenvalue weighted by Gasteiger charge is -2.36. The van der Waals surface area contributed by atoms with Crippen LogP contribution in [-0.4, -0.2) is 87.4 Å². The average Bonchev–Trinajstić information content (AvgIpc) is 2.66. The number of nitrogens with zero attached hydrogens (tertiary/aromatic N) is 3. The van der Waals surface area contributed by atoms with Crippen LogP contribution in [0.4, 0.5) is 0 Å². The molecular formula is C20H42IN5O. The summed E-state index contributed by atoms with van der Waals surface area (Å²) in [6, 6.07) is 1.09. The second-order valence-corrected chi connectivity index (χ2v) is 8.15. The van der Waals surface area contributed by atoms with E-state index < -0.39 is 0 Å². The Morgan fingerprint density at radius 3 is 2.37 bits per heavy atom. The number of likely N-dealkylation sites (tertiary alicyclic amines) is 1. The summed E-state index contributed by atoms with van der Waals surface area (Å²) in [5, 5.41) is 7.25. The van der Waals surface area contributed by atoms with Gasteiger partial charge in [-0.25, -0.2) is 0 Å². The third-order valence-electron chi connectivity index (χ3n) is 5.50. The van der Waals surface area contributed by atoms with Gasteiger partial charge in [0.1, 0.15) is 0 Å². The zero-order chi connectivity index (χ0) is 18.8. The second kappa shape index (κ2) is 14.0. The highest BCUT2D eigenvalue weighted by molar-refractivity contribution is 14.0. The molecule has 0 aromatic heterocycles. The zero-order valence-corrected chi connectivity index (χ0v) is 20.2. The third-order valence-corrected chi connectivity index (χ3v) is 5.50. The van der Waals surface area contributed by atoms with Crippen LogP contribution in [0.5, 0.6) is 0 Å². The Labute approximate surface area is 183 Å². The van der Waals surface area contributed by atoms with Crippen molar-refractivity contribution >= 4 is 29.9 Å². The summed E-state index contributed by atoms with van der Waals surface area (Å²) in [6.45, 7) is 15.3. The summed E-state index contributed by atoms with van der Waals surface area (Å²) in [5.74, 6) is 1.66. The lowest BCUT2D eigenvalue weighted by molar-refractivity contribution is 0.0132. The zero-order valence-electron chi connectivity index (χ0n) is 17.9. The van der Waals surface area contributed by atoms with Gasteiger partial charge in [0.2, 0.25) is 0 Å².